The molecule has 5 N–H and O–H groups in total. The molecule has 0 atom stereocenters. The Bertz CT molecular complexity index is 2570. The summed E-state index contributed by atoms with van der Waals surface area (Å²) in [5, 5.41) is 12.0. The van der Waals surface area contributed by atoms with Gasteiger partial charge >= 0.3 is 0 Å². The summed E-state index contributed by atoms with van der Waals surface area (Å²) in [7, 11) is 0. The Kier molecular flexibility index (Phi) is 9.52. The quantitative estimate of drug-likeness (QED) is 0.129. The zero-order valence-electron chi connectivity index (χ0n) is 27.8. The molecule has 0 saturated carbocycles. The predicted octanol–water partition coefficient (Wildman–Crippen LogP) is 11.7. The minimum absolute atomic E-state index is 0.121. The first-order valence-corrected chi connectivity index (χ1v) is 17.4. The number of rotatable bonds is 4. The van der Waals surface area contributed by atoms with Gasteiger partial charge in [-0.05, 0) is 76.7 Å². The highest BCUT2D eigenvalue weighted by molar-refractivity contribution is 7.25. The van der Waals surface area contributed by atoms with Crippen molar-refractivity contribution >= 4 is 59.3 Å². The van der Waals surface area contributed by atoms with Gasteiger partial charge in [0.1, 0.15) is 17.0 Å². The van der Waals surface area contributed by atoms with Gasteiger partial charge in [0, 0.05) is 43.1 Å². The Balaban J connectivity index is 0.000000141. The molecule has 9 rings (SSSR count). The van der Waals surface area contributed by atoms with Crippen LogP contribution in [0.3, 0.4) is 0 Å². The van der Waals surface area contributed by atoms with Gasteiger partial charge in [-0.25, -0.2) is 0 Å². The normalized spacial score (nSPS) is 10.8. The maximum atomic E-state index is 7.01. The maximum absolute atomic E-state index is 7.01. The molecule has 2 aromatic heterocycles. The number of nitrogens with one attached hydrogen (secondary N) is 1. The zero-order chi connectivity index (χ0) is 34.5. The molecule has 0 saturated heterocycles. The predicted molar refractivity (Wildman–Crippen MR) is 214 cm³/mol. The van der Waals surface area contributed by atoms with Crippen LogP contribution < -0.4 is 11.5 Å². The lowest BCUT2D eigenvalue weighted by atomic mass is 9.97. The minimum Gasteiger partial charge on any atom is -0.456 e. The number of thiophene rings is 1. The molecule has 2 heterocycles. The van der Waals surface area contributed by atoms with E-state index in [-0.39, 0.29) is 5.84 Å². The fraction of sp³-hybridized carbons (Fsp3) is 0.0444. The summed E-state index contributed by atoms with van der Waals surface area (Å²) in [5.74, 6) is 0.121. The van der Waals surface area contributed by atoms with E-state index in [0.29, 0.717) is 6.54 Å². The lowest BCUT2D eigenvalue weighted by Crippen LogP contribution is -2.10. The van der Waals surface area contributed by atoms with Gasteiger partial charge in [-0.15, -0.1) is 11.3 Å². The molecule has 5 heteroatoms. The summed E-state index contributed by atoms with van der Waals surface area (Å²) in [6, 6.07) is 56.2. The first-order valence-electron chi connectivity index (χ1n) is 16.6. The molecule has 244 valence electrons. The van der Waals surface area contributed by atoms with Crippen molar-refractivity contribution in [1.82, 2.24) is 0 Å². The van der Waals surface area contributed by atoms with Crippen LogP contribution in [0.2, 0.25) is 0 Å². The third kappa shape index (κ3) is 6.92. The molecule has 7 aromatic carbocycles. The fourth-order valence-electron chi connectivity index (χ4n) is 6.21. The summed E-state index contributed by atoms with van der Waals surface area (Å²) in [5.41, 5.74) is 21.3. The van der Waals surface area contributed by atoms with E-state index in [9.17, 15) is 0 Å². The Morgan fingerprint density at radius 3 is 1.94 bits per heavy atom. The SMILES string of the molecule is Cc1ccc2c(c1)oc1ccccc12.N=C(N)c1ccccc1.NCc1cccc2sc3ccc(-c4cccc(-c5ccccc5)c4)cc3c12. The largest absolute Gasteiger partial charge is 0.456 e. The molecule has 0 fully saturated rings. The molecule has 4 nitrogen and oxygen atoms in total. The van der Waals surface area contributed by atoms with Crippen LogP contribution in [0, 0.1) is 12.3 Å². The monoisotopic (exact) mass is 667 g/mol. The fourth-order valence-corrected chi connectivity index (χ4v) is 7.34. The van der Waals surface area contributed by atoms with Gasteiger partial charge in [0.25, 0.3) is 0 Å². The van der Waals surface area contributed by atoms with E-state index in [1.165, 1.54) is 64.3 Å². The average molecular weight is 668 g/mol. The highest BCUT2D eigenvalue weighted by Gasteiger charge is 2.11. The number of furan rings is 1. The van der Waals surface area contributed by atoms with Gasteiger partial charge in [-0.3, -0.25) is 5.41 Å². The Hall–Kier alpha value is -6.01. The number of hydrogen-bond acceptors (Lipinski definition) is 4. The second kappa shape index (κ2) is 14.6. The van der Waals surface area contributed by atoms with Crippen molar-refractivity contribution in [3.05, 3.63) is 180 Å². The number of para-hydroxylation sites is 1. The van der Waals surface area contributed by atoms with E-state index in [4.69, 9.17) is 21.3 Å². The molecule has 0 aliphatic carbocycles. The van der Waals surface area contributed by atoms with E-state index in [1.54, 1.807) is 0 Å². The van der Waals surface area contributed by atoms with Gasteiger partial charge in [-0.1, -0.05) is 127 Å². The highest BCUT2D eigenvalue weighted by atomic mass is 32.1. The Labute approximate surface area is 295 Å². The molecule has 0 radical (unpaired) electrons. The molecule has 9 aromatic rings. The van der Waals surface area contributed by atoms with Gasteiger partial charge in [-0.2, -0.15) is 0 Å². The maximum Gasteiger partial charge on any atom is 0.135 e. The summed E-state index contributed by atoms with van der Waals surface area (Å²) >= 11 is 1.84. The number of fused-ring (bicyclic) bond motifs is 6. The van der Waals surface area contributed by atoms with Gasteiger partial charge < -0.3 is 15.9 Å². The number of amidine groups is 1. The topological polar surface area (TPSA) is 89.0 Å². The number of aryl methyl sites for hydroxylation is 1. The van der Waals surface area contributed by atoms with Crippen molar-refractivity contribution in [3.8, 4) is 22.3 Å². The van der Waals surface area contributed by atoms with Crippen molar-refractivity contribution in [2.45, 2.75) is 13.5 Å². The van der Waals surface area contributed by atoms with Crippen LogP contribution >= 0.6 is 11.3 Å². The van der Waals surface area contributed by atoms with Crippen LogP contribution in [0.4, 0.5) is 0 Å². The standard InChI is InChI=1S/C25H19NS.C13H10O.C7H8N2/c26-16-21-10-5-11-24-25(21)22-15-20(12-13-23(22)27-24)19-9-4-8-18(14-19)17-6-2-1-3-7-17;1-9-6-7-11-10-4-2-3-5-12(10)14-13(11)8-9;8-7(9)6-4-2-1-3-5-6/h1-15H,16,26H2;2-8H,1H3;1-5H,(H3,8,9). The molecular weight excluding hydrogens is 631 g/mol. The van der Waals surface area contributed by atoms with Crippen molar-refractivity contribution in [1.29, 1.82) is 5.41 Å². The Morgan fingerprint density at radius 1 is 0.560 bits per heavy atom. The summed E-state index contributed by atoms with van der Waals surface area (Å²) in [4.78, 5) is 0. The second-order valence-electron chi connectivity index (χ2n) is 12.1. The highest BCUT2D eigenvalue weighted by Crippen LogP contribution is 2.38. The number of benzene rings is 7. The van der Waals surface area contributed by atoms with Crippen molar-refractivity contribution < 1.29 is 4.42 Å². The molecule has 0 amide bonds. The van der Waals surface area contributed by atoms with Crippen LogP contribution in [0.25, 0.3) is 64.4 Å². The number of nitrogen functional groups attached to an aromatic ring is 1. The lowest BCUT2D eigenvalue weighted by Gasteiger charge is -2.07. The molecule has 50 heavy (non-hydrogen) atoms. The van der Waals surface area contributed by atoms with Gasteiger partial charge in [0.15, 0.2) is 0 Å². The summed E-state index contributed by atoms with van der Waals surface area (Å²) in [6.07, 6.45) is 0. The minimum atomic E-state index is 0.121. The van der Waals surface area contributed by atoms with Gasteiger partial charge in [0.2, 0.25) is 0 Å². The van der Waals surface area contributed by atoms with E-state index in [0.717, 1.165) is 16.7 Å². The molecule has 0 aliphatic heterocycles. The first-order chi connectivity index (χ1) is 24.5. The summed E-state index contributed by atoms with van der Waals surface area (Å²) < 4.78 is 8.36. The number of hydrogen-bond donors (Lipinski definition) is 3. The number of nitrogens with two attached hydrogens (primary N) is 2. The van der Waals surface area contributed by atoms with Crippen LogP contribution in [0.15, 0.2) is 168 Å². The van der Waals surface area contributed by atoms with Gasteiger partial charge in [0.05, 0.1) is 0 Å². The van der Waals surface area contributed by atoms with E-state index < -0.39 is 0 Å². The molecular formula is C45H37N3OS. The third-order valence-corrected chi connectivity index (χ3v) is 9.86. The Morgan fingerprint density at radius 2 is 1.20 bits per heavy atom. The van der Waals surface area contributed by atoms with Crippen LogP contribution in [-0.2, 0) is 6.54 Å². The zero-order valence-corrected chi connectivity index (χ0v) is 28.6. The molecule has 0 spiro atoms. The first kappa shape index (κ1) is 32.5. The lowest BCUT2D eigenvalue weighted by molar-refractivity contribution is 0.668. The van der Waals surface area contributed by atoms with E-state index in [1.807, 2.05) is 59.9 Å². The summed E-state index contributed by atoms with van der Waals surface area (Å²) in [6.45, 7) is 2.64. The van der Waals surface area contributed by atoms with Crippen LogP contribution in [0.5, 0.6) is 0 Å². The molecule has 0 aliphatic rings. The van der Waals surface area contributed by atoms with Crippen molar-refractivity contribution in [2.24, 2.45) is 11.5 Å². The van der Waals surface area contributed by atoms with Crippen LogP contribution in [0.1, 0.15) is 16.7 Å². The van der Waals surface area contributed by atoms with E-state index in [2.05, 4.69) is 122 Å². The third-order valence-electron chi connectivity index (χ3n) is 8.72. The molecule has 0 bridgehead atoms. The van der Waals surface area contributed by atoms with Crippen LogP contribution in [-0.4, -0.2) is 5.84 Å². The second-order valence-corrected chi connectivity index (χ2v) is 13.2. The van der Waals surface area contributed by atoms with Crippen molar-refractivity contribution in [2.75, 3.05) is 0 Å². The molecule has 0 unspecified atom stereocenters. The smallest absolute Gasteiger partial charge is 0.135 e. The average Bonchev–Trinajstić information content (AvgIpc) is 3.73. The van der Waals surface area contributed by atoms with Crippen molar-refractivity contribution in [3.63, 3.8) is 0 Å². The van der Waals surface area contributed by atoms with E-state index >= 15 is 0 Å².